The maximum Gasteiger partial charge on any atom is 0.411 e. The highest BCUT2D eigenvalue weighted by Crippen LogP contribution is 2.35. The summed E-state index contributed by atoms with van der Waals surface area (Å²) in [7, 11) is 1.66. The zero-order valence-corrected chi connectivity index (χ0v) is 17.8. The maximum atomic E-state index is 13.6. The second-order valence-corrected chi connectivity index (χ2v) is 7.38. The van der Waals surface area contributed by atoms with Crippen molar-refractivity contribution in [2.75, 3.05) is 18.9 Å². The van der Waals surface area contributed by atoms with Gasteiger partial charge in [0.05, 0.1) is 6.54 Å². The van der Waals surface area contributed by atoms with Gasteiger partial charge in [-0.3, -0.25) is 14.5 Å². The van der Waals surface area contributed by atoms with Crippen LogP contribution in [0.4, 0.5) is 14.9 Å². The van der Waals surface area contributed by atoms with E-state index < -0.39 is 24.1 Å². The van der Waals surface area contributed by atoms with Gasteiger partial charge in [0.2, 0.25) is 11.8 Å². The monoisotopic (exact) mass is 427 g/mol. The Labute approximate surface area is 180 Å². The fourth-order valence-corrected chi connectivity index (χ4v) is 3.41. The second-order valence-electron chi connectivity index (χ2n) is 7.38. The molecule has 3 rings (SSSR count). The van der Waals surface area contributed by atoms with Crippen molar-refractivity contribution in [3.63, 3.8) is 0 Å². The number of benzene rings is 2. The van der Waals surface area contributed by atoms with Crippen LogP contribution in [0.25, 0.3) is 0 Å². The van der Waals surface area contributed by atoms with Crippen molar-refractivity contribution in [3.05, 3.63) is 65.5 Å². The topological polar surface area (TPSA) is 79.0 Å². The first-order valence-corrected chi connectivity index (χ1v) is 10.2. The Morgan fingerprint density at radius 2 is 1.87 bits per heavy atom. The zero-order valence-electron chi connectivity index (χ0n) is 17.8. The normalized spacial score (nSPS) is 17.9. The van der Waals surface area contributed by atoms with Crippen LogP contribution in [-0.4, -0.2) is 47.3 Å². The van der Waals surface area contributed by atoms with Gasteiger partial charge in [-0.25, -0.2) is 9.18 Å². The Morgan fingerprint density at radius 1 is 1.16 bits per heavy atom. The minimum Gasteiger partial charge on any atom is -0.438 e. The Morgan fingerprint density at radius 3 is 2.48 bits per heavy atom. The van der Waals surface area contributed by atoms with Crippen molar-refractivity contribution >= 4 is 23.6 Å². The number of hydrogen-bond donors (Lipinski definition) is 1. The van der Waals surface area contributed by atoms with E-state index in [0.717, 1.165) is 0 Å². The number of cyclic esters (lactones) is 1. The summed E-state index contributed by atoms with van der Waals surface area (Å²) in [4.78, 5) is 40.3. The summed E-state index contributed by atoms with van der Waals surface area (Å²) in [6, 6.07) is 11.9. The molecule has 2 aromatic rings. The number of anilines is 1. The van der Waals surface area contributed by atoms with Gasteiger partial charge in [0.25, 0.3) is 0 Å². The van der Waals surface area contributed by atoms with Crippen molar-refractivity contribution in [2.24, 2.45) is 0 Å². The predicted molar refractivity (Wildman–Crippen MR) is 114 cm³/mol. The standard InChI is InChI=1S/C23H26FN3O4/c1-4-19(28)25-18-11-9-16(10-12-18)21-20(22(29)26(3)5-2)27(23(30)31-21)14-15-7-6-8-17(24)13-15/h6-13,20-21H,4-5,14H2,1-3H3,(H,25,28). The van der Waals surface area contributed by atoms with E-state index >= 15 is 0 Å². The first-order chi connectivity index (χ1) is 14.8. The summed E-state index contributed by atoms with van der Waals surface area (Å²) >= 11 is 0. The molecule has 0 spiro atoms. The minimum atomic E-state index is -0.892. The molecule has 0 radical (unpaired) electrons. The molecule has 0 aliphatic carbocycles. The Kier molecular flexibility index (Phi) is 6.89. The van der Waals surface area contributed by atoms with Crippen LogP contribution in [-0.2, 0) is 20.9 Å². The fraction of sp³-hybridized carbons (Fsp3) is 0.348. The van der Waals surface area contributed by atoms with Crippen LogP contribution in [0.5, 0.6) is 0 Å². The van der Waals surface area contributed by atoms with E-state index in [4.69, 9.17) is 4.74 Å². The van der Waals surface area contributed by atoms with Gasteiger partial charge in [-0.15, -0.1) is 0 Å². The SMILES string of the molecule is CCC(=O)Nc1ccc(C2OC(=O)N(Cc3cccc(F)c3)C2C(=O)N(C)CC)cc1. The van der Waals surface area contributed by atoms with Crippen LogP contribution in [0.3, 0.4) is 0 Å². The van der Waals surface area contributed by atoms with E-state index in [1.807, 2.05) is 6.92 Å². The molecule has 31 heavy (non-hydrogen) atoms. The molecule has 1 fully saturated rings. The molecule has 0 saturated carbocycles. The minimum absolute atomic E-state index is 0.0473. The Hall–Kier alpha value is -3.42. The van der Waals surface area contributed by atoms with E-state index in [1.54, 1.807) is 50.4 Å². The molecule has 1 aliphatic rings. The van der Waals surface area contributed by atoms with Crippen LogP contribution >= 0.6 is 0 Å². The quantitative estimate of drug-likeness (QED) is 0.731. The fourth-order valence-electron chi connectivity index (χ4n) is 3.41. The lowest BCUT2D eigenvalue weighted by Gasteiger charge is -2.28. The number of nitrogens with one attached hydrogen (secondary N) is 1. The molecular weight excluding hydrogens is 401 g/mol. The predicted octanol–water partition coefficient (Wildman–Crippen LogP) is 3.71. The maximum absolute atomic E-state index is 13.6. The molecule has 0 bridgehead atoms. The molecular formula is C23H26FN3O4. The average Bonchev–Trinajstić information content (AvgIpc) is 3.09. The molecule has 1 aliphatic heterocycles. The van der Waals surface area contributed by atoms with Crippen molar-refractivity contribution in [1.82, 2.24) is 9.80 Å². The van der Waals surface area contributed by atoms with Gasteiger partial charge in [0, 0.05) is 25.7 Å². The summed E-state index contributed by atoms with van der Waals surface area (Å²) in [6.07, 6.45) is -1.10. The van der Waals surface area contributed by atoms with E-state index in [0.29, 0.717) is 29.8 Å². The zero-order chi connectivity index (χ0) is 22.5. The highest BCUT2D eigenvalue weighted by atomic mass is 19.1. The highest BCUT2D eigenvalue weighted by molar-refractivity contribution is 5.91. The summed E-state index contributed by atoms with van der Waals surface area (Å²) in [5.41, 5.74) is 1.81. The summed E-state index contributed by atoms with van der Waals surface area (Å²) in [5, 5.41) is 2.76. The molecule has 8 heteroatoms. The lowest BCUT2D eigenvalue weighted by atomic mass is 10.00. The number of carbonyl (C=O) groups excluding carboxylic acids is 3. The number of rotatable bonds is 7. The highest BCUT2D eigenvalue weighted by Gasteiger charge is 2.47. The van der Waals surface area contributed by atoms with E-state index in [2.05, 4.69) is 5.32 Å². The van der Waals surface area contributed by atoms with Crippen LogP contribution in [0.15, 0.2) is 48.5 Å². The lowest BCUT2D eigenvalue weighted by molar-refractivity contribution is -0.135. The van der Waals surface area contributed by atoms with Gasteiger partial charge >= 0.3 is 6.09 Å². The third kappa shape index (κ3) is 5.02. The van der Waals surface area contributed by atoms with Crippen molar-refractivity contribution < 1.29 is 23.5 Å². The molecule has 3 amide bonds. The van der Waals surface area contributed by atoms with Gasteiger partial charge in [-0.2, -0.15) is 0 Å². The number of carbonyl (C=O) groups is 3. The number of halogens is 1. The molecule has 1 heterocycles. The smallest absolute Gasteiger partial charge is 0.411 e. The molecule has 2 atom stereocenters. The van der Waals surface area contributed by atoms with Crippen LogP contribution in [0.2, 0.25) is 0 Å². The van der Waals surface area contributed by atoms with Crippen LogP contribution in [0.1, 0.15) is 37.5 Å². The number of amides is 3. The molecule has 1 saturated heterocycles. The van der Waals surface area contributed by atoms with Crippen molar-refractivity contribution in [3.8, 4) is 0 Å². The molecule has 164 valence electrons. The molecule has 0 aromatic heterocycles. The summed E-state index contributed by atoms with van der Waals surface area (Å²) in [6.45, 7) is 4.11. The van der Waals surface area contributed by atoms with Crippen LogP contribution in [0, 0.1) is 5.82 Å². The van der Waals surface area contributed by atoms with E-state index in [-0.39, 0.29) is 18.4 Å². The van der Waals surface area contributed by atoms with E-state index in [9.17, 15) is 18.8 Å². The number of ether oxygens (including phenoxy) is 1. The molecule has 1 N–H and O–H groups in total. The average molecular weight is 427 g/mol. The first-order valence-electron chi connectivity index (χ1n) is 10.2. The lowest BCUT2D eigenvalue weighted by Crippen LogP contribution is -2.46. The molecule has 2 unspecified atom stereocenters. The Bertz CT molecular complexity index is 964. The van der Waals surface area contributed by atoms with Crippen molar-refractivity contribution in [1.29, 1.82) is 0 Å². The van der Waals surface area contributed by atoms with Crippen LogP contribution < -0.4 is 5.32 Å². The number of likely N-dealkylation sites (N-methyl/N-ethyl adjacent to an activating group) is 1. The van der Waals surface area contributed by atoms with Crippen molar-refractivity contribution in [2.45, 2.75) is 39.0 Å². The summed E-state index contributed by atoms with van der Waals surface area (Å²) < 4.78 is 19.2. The number of hydrogen-bond acceptors (Lipinski definition) is 4. The van der Waals surface area contributed by atoms with Gasteiger partial charge in [-0.05, 0) is 42.3 Å². The molecule has 7 nitrogen and oxygen atoms in total. The number of nitrogens with zero attached hydrogens (tertiary/aromatic N) is 2. The first kappa shape index (κ1) is 22.3. The third-order valence-electron chi connectivity index (χ3n) is 5.27. The largest absolute Gasteiger partial charge is 0.438 e. The van der Waals surface area contributed by atoms with E-state index in [1.165, 1.54) is 21.9 Å². The molecule has 2 aromatic carbocycles. The second kappa shape index (κ2) is 9.59. The van der Waals surface area contributed by atoms with Gasteiger partial charge < -0.3 is 15.0 Å². The van der Waals surface area contributed by atoms with Gasteiger partial charge in [0.15, 0.2) is 12.1 Å². The third-order valence-corrected chi connectivity index (χ3v) is 5.27. The van der Waals surface area contributed by atoms with Gasteiger partial charge in [0.1, 0.15) is 5.82 Å². The summed E-state index contributed by atoms with van der Waals surface area (Å²) in [5.74, 6) is -0.795. The van der Waals surface area contributed by atoms with Gasteiger partial charge in [-0.1, -0.05) is 31.2 Å². The Balaban J connectivity index is 1.90.